The van der Waals surface area contributed by atoms with Crippen molar-refractivity contribution in [2.45, 2.75) is 31.0 Å². The summed E-state index contributed by atoms with van der Waals surface area (Å²) >= 11 is 0. The van der Waals surface area contributed by atoms with Crippen molar-refractivity contribution in [3.8, 4) is 0 Å². The third kappa shape index (κ3) is 1.84. The Morgan fingerprint density at radius 3 is 2.46 bits per heavy atom. The first-order valence-electron chi connectivity index (χ1n) is 4.49. The summed E-state index contributed by atoms with van der Waals surface area (Å²) < 4.78 is 15.8. The molecule has 0 aromatic carbocycles. The predicted molar refractivity (Wildman–Crippen MR) is 42.1 cm³/mol. The highest BCUT2D eigenvalue weighted by Gasteiger charge is 2.41. The van der Waals surface area contributed by atoms with Gasteiger partial charge in [-0.25, -0.2) is 0 Å². The number of aliphatic hydroxyl groups is 2. The van der Waals surface area contributed by atoms with Gasteiger partial charge in [0.25, 0.3) is 0 Å². The van der Waals surface area contributed by atoms with Crippen molar-refractivity contribution in [3.05, 3.63) is 0 Å². The Morgan fingerprint density at radius 1 is 1.23 bits per heavy atom. The highest BCUT2D eigenvalue weighted by molar-refractivity contribution is 4.85. The zero-order valence-electron chi connectivity index (χ0n) is 7.26. The SMILES string of the molecule is OC[C@H]1C[C@@H](O)[C@H](C2OCCO2)O1. The van der Waals surface area contributed by atoms with Crippen LogP contribution in [0.1, 0.15) is 6.42 Å². The molecule has 2 rings (SSSR count). The molecule has 2 aliphatic rings. The number of hydrogen-bond donors (Lipinski definition) is 2. The zero-order valence-corrected chi connectivity index (χ0v) is 7.26. The lowest BCUT2D eigenvalue weighted by atomic mass is 10.1. The molecule has 0 spiro atoms. The smallest absolute Gasteiger partial charge is 0.186 e. The molecule has 3 atom stereocenters. The Kier molecular flexibility index (Phi) is 2.80. The molecule has 2 saturated heterocycles. The van der Waals surface area contributed by atoms with E-state index in [-0.39, 0.29) is 12.7 Å². The van der Waals surface area contributed by atoms with Gasteiger partial charge in [0, 0.05) is 6.42 Å². The van der Waals surface area contributed by atoms with Crippen LogP contribution in [0.15, 0.2) is 0 Å². The molecule has 0 aromatic rings. The van der Waals surface area contributed by atoms with Crippen LogP contribution in [0.3, 0.4) is 0 Å². The van der Waals surface area contributed by atoms with Gasteiger partial charge in [-0.2, -0.15) is 0 Å². The van der Waals surface area contributed by atoms with Crippen LogP contribution in [0, 0.1) is 0 Å². The molecule has 13 heavy (non-hydrogen) atoms. The van der Waals surface area contributed by atoms with Crippen molar-refractivity contribution < 1.29 is 24.4 Å². The van der Waals surface area contributed by atoms with Crippen molar-refractivity contribution in [1.82, 2.24) is 0 Å². The molecule has 0 aromatic heterocycles. The molecule has 0 unspecified atom stereocenters. The van der Waals surface area contributed by atoms with Crippen LogP contribution in [-0.2, 0) is 14.2 Å². The van der Waals surface area contributed by atoms with Gasteiger partial charge in [0.05, 0.1) is 32.0 Å². The standard InChI is InChI=1S/C8H14O5/c9-4-5-3-6(10)7(13-5)8-11-1-2-12-8/h5-10H,1-4H2/t5-,6-,7-/m1/s1. The summed E-state index contributed by atoms with van der Waals surface area (Å²) in [5.74, 6) is 0. The molecule has 76 valence electrons. The molecule has 0 aliphatic carbocycles. The van der Waals surface area contributed by atoms with Gasteiger partial charge in [-0.15, -0.1) is 0 Å². The van der Waals surface area contributed by atoms with E-state index < -0.39 is 18.5 Å². The maximum absolute atomic E-state index is 9.55. The monoisotopic (exact) mass is 190 g/mol. The molecule has 5 heteroatoms. The summed E-state index contributed by atoms with van der Waals surface area (Å²) in [5, 5.41) is 18.4. The molecule has 0 bridgehead atoms. The van der Waals surface area contributed by atoms with E-state index in [4.69, 9.17) is 19.3 Å². The molecular weight excluding hydrogens is 176 g/mol. The fourth-order valence-corrected chi connectivity index (χ4v) is 1.70. The first-order valence-corrected chi connectivity index (χ1v) is 4.49. The van der Waals surface area contributed by atoms with Crippen molar-refractivity contribution in [2.75, 3.05) is 19.8 Å². The van der Waals surface area contributed by atoms with E-state index >= 15 is 0 Å². The Labute approximate surface area is 76.2 Å². The van der Waals surface area contributed by atoms with E-state index in [1.54, 1.807) is 0 Å². The molecule has 2 heterocycles. The Hall–Kier alpha value is -0.200. The van der Waals surface area contributed by atoms with E-state index in [0.29, 0.717) is 19.6 Å². The lowest BCUT2D eigenvalue weighted by Crippen LogP contribution is -2.35. The molecule has 2 N–H and O–H groups in total. The van der Waals surface area contributed by atoms with Crippen LogP contribution >= 0.6 is 0 Å². The van der Waals surface area contributed by atoms with Crippen LogP contribution in [0.4, 0.5) is 0 Å². The Bertz CT molecular complexity index is 168. The van der Waals surface area contributed by atoms with Crippen molar-refractivity contribution in [2.24, 2.45) is 0 Å². The molecule has 0 radical (unpaired) electrons. The van der Waals surface area contributed by atoms with Crippen LogP contribution in [0.2, 0.25) is 0 Å². The Morgan fingerprint density at radius 2 is 1.92 bits per heavy atom. The van der Waals surface area contributed by atoms with Gasteiger partial charge < -0.3 is 24.4 Å². The Balaban J connectivity index is 1.91. The summed E-state index contributed by atoms with van der Waals surface area (Å²) in [6.45, 7) is 1.02. The fourth-order valence-electron chi connectivity index (χ4n) is 1.70. The lowest BCUT2D eigenvalue weighted by Gasteiger charge is -2.19. The van der Waals surface area contributed by atoms with Crippen LogP contribution in [-0.4, -0.2) is 54.6 Å². The molecule has 5 nitrogen and oxygen atoms in total. The summed E-state index contributed by atoms with van der Waals surface area (Å²) in [6.07, 6.45) is -1.34. The van der Waals surface area contributed by atoms with Crippen LogP contribution in [0.25, 0.3) is 0 Å². The first kappa shape index (κ1) is 9.36. The van der Waals surface area contributed by atoms with Crippen molar-refractivity contribution in [1.29, 1.82) is 0 Å². The fraction of sp³-hybridized carbons (Fsp3) is 1.00. The second-order valence-corrected chi connectivity index (χ2v) is 3.32. The number of hydrogen-bond acceptors (Lipinski definition) is 5. The lowest BCUT2D eigenvalue weighted by molar-refractivity contribution is -0.160. The second-order valence-electron chi connectivity index (χ2n) is 3.32. The highest BCUT2D eigenvalue weighted by Crippen LogP contribution is 2.26. The minimum absolute atomic E-state index is 0.0692. The highest BCUT2D eigenvalue weighted by atomic mass is 16.7. The minimum Gasteiger partial charge on any atom is -0.394 e. The maximum Gasteiger partial charge on any atom is 0.186 e. The van der Waals surface area contributed by atoms with E-state index in [1.165, 1.54) is 0 Å². The molecular formula is C8H14O5. The average Bonchev–Trinajstić information content (AvgIpc) is 2.72. The number of rotatable bonds is 2. The number of aliphatic hydroxyl groups excluding tert-OH is 2. The van der Waals surface area contributed by atoms with E-state index in [9.17, 15) is 5.11 Å². The largest absolute Gasteiger partial charge is 0.394 e. The van der Waals surface area contributed by atoms with Gasteiger partial charge in [0.1, 0.15) is 6.10 Å². The van der Waals surface area contributed by atoms with E-state index in [0.717, 1.165) is 0 Å². The quantitative estimate of drug-likeness (QED) is 0.576. The summed E-state index contributed by atoms with van der Waals surface area (Å²) in [4.78, 5) is 0. The first-order chi connectivity index (χ1) is 6.31. The van der Waals surface area contributed by atoms with Gasteiger partial charge in [0.15, 0.2) is 6.29 Å². The van der Waals surface area contributed by atoms with Gasteiger partial charge in [-0.1, -0.05) is 0 Å². The van der Waals surface area contributed by atoms with Gasteiger partial charge in [-0.3, -0.25) is 0 Å². The number of ether oxygens (including phenoxy) is 3. The molecule has 0 amide bonds. The molecule has 2 fully saturated rings. The summed E-state index contributed by atoms with van der Waals surface area (Å²) in [5.41, 5.74) is 0. The van der Waals surface area contributed by atoms with Crippen molar-refractivity contribution >= 4 is 0 Å². The van der Waals surface area contributed by atoms with Crippen molar-refractivity contribution in [3.63, 3.8) is 0 Å². The predicted octanol–water partition coefficient (Wildman–Crippen LogP) is -1.13. The molecule has 0 saturated carbocycles. The average molecular weight is 190 g/mol. The third-order valence-corrected chi connectivity index (χ3v) is 2.35. The molecule has 2 aliphatic heterocycles. The minimum atomic E-state index is -0.597. The summed E-state index contributed by atoms with van der Waals surface area (Å²) in [6, 6.07) is 0. The van der Waals surface area contributed by atoms with Gasteiger partial charge >= 0.3 is 0 Å². The zero-order chi connectivity index (χ0) is 9.26. The van der Waals surface area contributed by atoms with Gasteiger partial charge in [0.2, 0.25) is 0 Å². The van der Waals surface area contributed by atoms with Gasteiger partial charge in [-0.05, 0) is 0 Å². The second kappa shape index (κ2) is 3.89. The topological polar surface area (TPSA) is 68.2 Å². The normalized spacial score (nSPS) is 41.5. The van der Waals surface area contributed by atoms with E-state index in [2.05, 4.69) is 0 Å². The third-order valence-electron chi connectivity index (χ3n) is 2.35. The van der Waals surface area contributed by atoms with Crippen LogP contribution in [0.5, 0.6) is 0 Å². The maximum atomic E-state index is 9.55. The van der Waals surface area contributed by atoms with E-state index in [1.807, 2.05) is 0 Å². The van der Waals surface area contributed by atoms with Crippen LogP contribution < -0.4 is 0 Å². The summed E-state index contributed by atoms with van der Waals surface area (Å²) in [7, 11) is 0.